The van der Waals surface area contributed by atoms with Crippen LogP contribution in [0.1, 0.15) is 19.4 Å². The van der Waals surface area contributed by atoms with E-state index < -0.39 is 4.92 Å². The molecular weight excluding hydrogens is 298 g/mol. The molecule has 0 radical (unpaired) electrons. The first kappa shape index (κ1) is 16.2. The maximum atomic E-state index is 11.1. The lowest BCUT2D eigenvalue weighted by Crippen LogP contribution is -2.06. The van der Waals surface area contributed by atoms with Crippen molar-refractivity contribution in [1.29, 1.82) is 0 Å². The first-order chi connectivity index (χ1) is 11.0. The van der Waals surface area contributed by atoms with Gasteiger partial charge in [-0.05, 0) is 12.5 Å². The number of anilines is 1. The van der Waals surface area contributed by atoms with E-state index in [0.29, 0.717) is 5.71 Å². The summed E-state index contributed by atoms with van der Waals surface area (Å²) in [4.78, 5) is 26.8. The fourth-order valence-corrected chi connectivity index (χ4v) is 1.87. The molecule has 23 heavy (non-hydrogen) atoms. The summed E-state index contributed by atoms with van der Waals surface area (Å²) in [5.41, 5.74) is 1.58. The average Bonchev–Trinajstić information content (AvgIpc) is 2.52. The Morgan fingerprint density at radius 1 is 1.17 bits per heavy atom. The molecule has 0 aromatic heterocycles. The van der Waals surface area contributed by atoms with Gasteiger partial charge in [0.2, 0.25) is 5.91 Å². The summed E-state index contributed by atoms with van der Waals surface area (Å²) in [5.74, 6) is -0.168. The van der Waals surface area contributed by atoms with E-state index in [9.17, 15) is 14.9 Å². The molecule has 0 heterocycles. The summed E-state index contributed by atoms with van der Waals surface area (Å²) < 4.78 is 0. The molecule has 0 aliphatic heterocycles. The van der Waals surface area contributed by atoms with Gasteiger partial charge in [0.05, 0.1) is 22.4 Å². The van der Waals surface area contributed by atoms with Gasteiger partial charge in [-0.2, -0.15) is 0 Å². The van der Waals surface area contributed by atoms with Crippen LogP contribution in [-0.4, -0.2) is 16.5 Å². The molecule has 0 bridgehead atoms. The molecule has 2 aromatic carbocycles. The smallest absolute Gasteiger partial charge is 0.275 e. The van der Waals surface area contributed by atoms with Crippen LogP contribution in [0.3, 0.4) is 0 Å². The molecule has 1 amide bonds. The zero-order chi connectivity index (χ0) is 16.8. The molecule has 0 saturated carbocycles. The standard InChI is InChI=1S/C16H15N3O4/c1-11(13-6-4-3-5-7-13)18-23-16-9-14(17-12(2)20)8-15(10-16)19(21)22/h3-10H,1-2H3,(H,17,20)/b18-11-. The summed E-state index contributed by atoms with van der Waals surface area (Å²) in [5, 5.41) is 17.4. The second-order valence-corrected chi connectivity index (χ2v) is 4.79. The Balaban J connectivity index is 2.26. The minimum Gasteiger partial charge on any atom is -0.356 e. The summed E-state index contributed by atoms with van der Waals surface area (Å²) in [6, 6.07) is 13.3. The van der Waals surface area contributed by atoms with Crippen molar-refractivity contribution in [1.82, 2.24) is 0 Å². The van der Waals surface area contributed by atoms with Crippen molar-refractivity contribution in [3.05, 3.63) is 64.2 Å². The van der Waals surface area contributed by atoms with Crippen molar-refractivity contribution in [3.63, 3.8) is 0 Å². The normalized spacial score (nSPS) is 11.0. The van der Waals surface area contributed by atoms with Crippen molar-refractivity contribution in [3.8, 4) is 5.75 Å². The molecule has 2 aromatic rings. The lowest BCUT2D eigenvalue weighted by molar-refractivity contribution is -0.384. The van der Waals surface area contributed by atoms with Crippen LogP contribution in [0.5, 0.6) is 5.75 Å². The summed E-state index contributed by atoms with van der Waals surface area (Å²) >= 11 is 0. The number of carbonyl (C=O) groups excluding carboxylic acids is 1. The number of nitro groups is 1. The van der Waals surface area contributed by atoms with Crippen LogP contribution in [0, 0.1) is 10.1 Å². The average molecular weight is 313 g/mol. The number of benzene rings is 2. The summed E-state index contributed by atoms with van der Waals surface area (Å²) in [6.07, 6.45) is 0. The minimum atomic E-state index is -0.564. The van der Waals surface area contributed by atoms with Gasteiger partial charge in [-0.15, -0.1) is 0 Å². The molecule has 0 atom stereocenters. The Hall–Kier alpha value is -3.22. The van der Waals surface area contributed by atoms with Gasteiger partial charge in [-0.1, -0.05) is 35.5 Å². The van der Waals surface area contributed by atoms with Crippen LogP contribution in [0.2, 0.25) is 0 Å². The Bertz CT molecular complexity index is 757. The molecular formula is C16H15N3O4. The summed E-state index contributed by atoms with van der Waals surface area (Å²) in [6.45, 7) is 3.08. The van der Waals surface area contributed by atoms with Gasteiger partial charge in [0, 0.05) is 19.1 Å². The first-order valence-corrected chi connectivity index (χ1v) is 6.80. The Morgan fingerprint density at radius 3 is 2.48 bits per heavy atom. The van der Waals surface area contributed by atoms with E-state index in [1.807, 2.05) is 30.3 Å². The van der Waals surface area contributed by atoms with Gasteiger partial charge < -0.3 is 10.2 Å². The number of amides is 1. The zero-order valence-corrected chi connectivity index (χ0v) is 12.6. The first-order valence-electron chi connectivity index (χ1n) is 6.80. The van der Waals surface area contributed by atoms with Crippen LogP contribution in [0.15, 0.2) is 53.7 Å². The zero-order valence-electron chi connectivity index (χ0n) is 12.6. The van der Waals surface area contributed by atoms with Crippen molar-refractivity contribution >= 4 is 23.0 Å². The molecule has 118 valence electrons. The van der Waals surface area contributed by atoms with Crippen molar-refractivity contribution < 1.29 is 14.6 Å². The van der Waals surface area contributed by atoms with Crippen LogP contribution in [0.4, 0.5) is 11.4 Å². The van der Waals surface area contributed by atoms with Gasteiger partial charge in [0.15, 0.2) is 5.75 Å². The number of non-ortho nitro benzene ring substituents is 1. The van der Waals surface area contributed by atoms with Crippen molar-refractivity contribution in [2.24, 2.45) is 5.16 Å². The largest absolute Gasteiger partial charge is 0.356 e. The molecule has 0 fully saturated rings. The highest BCUT2D eigenvalue weighted by Crippen LogP contribution is 2.26. The number of carbonyl (C=O) groups is 1. The maximum absolute atomic E-state index is 11.1. The number of nitrogens with zero attached hydrogens (tertiary/aromatic N) is 2. The van der Waals surface area contributed by atoms with Gasteiger partial charge in [-0.3, -0.25) is 14.9 Å². The van der Waals surface area contributed by atoms with Crippen molar-refractivity contribution in [2.75, 3.05) is 5.32 Å². The molecule has 2 rings (SSSR count). The lowest BCUT2D eigenvalue weighted by atomic mass is 10.1. The fourth-order valence-electron chi connectivity index (χ4n) is 1.87. The molecule has 0 aliphatic rings. The van der Waals surface area contributed by atoms with Gasteiger partial charge in [-0.25, -0.2) is 0 Å². The summed E-state index contributed by atoms with van der Waals surface area (Å²) in [7, 11) is 0. The van der Waals surface area contributed by atoms with Gasteiger partial charge in [0.1, 0.15) is 0 Å². The molecule has 1 N–H and O–H groups in total. The third kappa shape index (κ3) is 4.63. The van der Waals surface area contributed by atoms with E-state index in [1.54, 1.807) is 6.92 Å². The monoisotopic (exact) mass is 313 g/mol. The Kier molecular flexibility index (Phi) is 5.03. The topological polar surface area (TPSA) is 93.8 Å². The minimum absolute atomic E-state index is 0.165. The second-order valence-electron chi connectivity index (χ2n) is 4.79. The van der Waals surface area contributed by atoms with E-state index in [2.05, 4.69) is 10.5 Å². The molecule has 0 unspecified atom stereocenters. The van der Waals surface area contributed by atoms with Crippen molar-refractivity contribution in [2.45, 2.75) is 13.8 Å². The van der Waals surface area contributed by atoms with E-state index >= 15 is 0 Å². The quantitative estimate of drug-likeness (QED) is 0.520. The molecule has 7 heteroatoms. The molecule has 0 saturated heterocycles. The maximum Gasteiger partial charge on any atom is 0.275 e. The van der Waals surface area contributed by atoms with Crippen LogP contribution in [0.25, 0.3) is 0 Å². The van der Waals surface area contributed by atoms with E-state index in [4.69, 9.17) is 4.84 Å². The number of hydrogen-bond donors (Lipinski definition) is 1. The Morgan fingerprint density at radius 2 is 1.87 bits per heavy atom. The Labute approximate surface area is 132 Å². The third-order valence-electron chi connectivity index (χ3n) is 2.90. The number of rotatable bonds is 5. The van der Waals surface area contributed by atoms with E-state index in [1.165, 1.54) is 25.1 Å². The van der Waals surface area contributed by atoms with Crippen LogP contribution in [-0.2, 0) is 4.79 Å². The number of nitrogens with one attached hydrogen (secondary N) is 1. The molecule has 7 nitrogen and oxygen atoms in total. The van der Waals surface area contributed by atoms with Crippen LogP contribution < -0.4 is 10.2 Å². The van der Waals surface area contributed by atoms with E-state index in [0.717, 1.165) is 5.56 Å². The number of nitro benzene ring substituents is 1. The highest BCUT2D eigenvalue weighted by Gasteiger charge is 2.12. The molecule has 0 spiro atoms. The van der Waals surface area contributed by atoms with Crippen LogP contribution >= 0.6 is 0 Å². The lowest BCUT2D eigenvalue weighted by Gasteiger charge is -2.06. The predicted octanol–water partition coefficient (Wildman–Crippen LogP) is 3.36. The molecule has 0 aliphatic carbocycles. The highest BCUT2D eigenvalue weighted by molar-refractivity contribution is 5.98. The number of hydrogen-bond acceptors (Lipinski definition) is 5. The van der Waals surface area contributed by atoms with E-state index in [-0.39, 0.29) is 23.0 Å². The van der Waals surface area contributed by atoms with Gasteiger partial charge in [0.25, 0.3) is 5.69 Å². The highest BCUT2D eigenvalue weighted by atomic mass is 16.6. The second kappa shape index (κ2) is 7.17. The third-order valence-corrected chi connectivity index (χ3v) is 2.90. The predicted molar refractivity (Wildman–Crippen MR) is 86.7 cm³/mol. The van der Waals surface area contributed by atoms with Gasteiger partial charge >= 0.3 is 0 Å². The number of oxime groups is 1. The fraction of sp³-hybridized carbons (Fsp3) is 0.125. The SMILES string of the molecule is CC(=O)Nc1cc(O/N=C(/C)c2ccccc2)cc([N+](=O)[O-])c1.